The summed E-state index contributed by atoms with van der Waals surface area (Å²) in [5.41, 5.74) is 0.910. The van der Waals surface area contributed by atoms with Gasteiger partial charge < -0.3 is 55.7 Å². The van der Waals surface area contributed by atoms with Crippen molar-refractivity contribution < 1.29 is 52.9 Å². The first kappa shape index (κ1) is 62.3. The number of carbonyl (C=O) groups is 7. The standard InChI is InChI=1S/C59H86N8O11/c1-40(2)35-47(63-51(70)48(36-43-23-15-11-16-24-43)64-49(68)45(65-56(75)78-58(7,8)9)29-28-42-21-13-10-14-22-42)50(69)62-46(27-19-20-32-60-54(73)77-57(4,5)6)53(72)67-38-59(39-67)30-33-66(34-31-59)52(71)41(3)61-55(74)76-37-44-25-17-12-18-26-44/h10-18,21-26,40-41,45-48,56,65,75H,19-20,27-39H2,1-9H3,(H,60,73)(H,61,74)(H,62,69)(H,63,70)(H,64,68)/t41-,45-,46-,47-,48-,56?/m1/s1. The Morgan fingerprint density at radius 3 is 1.72 bits per heavy atom. The lowest BCUT2D eigenvalue weighted by Gasteiger charge is -2.54. The Kier molecular flexibility index (Phi) is 23.5. The lowest BCUT2D eigenvalue weighted by atomic mass is 9.71. The predicted molar refractivity (Wildman–Crippen MR) is 296 cm³/mol. The van der Waals surface area contributed by atoms with Crippen LogP contribution < -0.4 is 31.9 Å². The number of benzene rings is 3. The van der Waals surface area contributed by atoms with Crippen LogP contribution in [0.2, 0.25) is 0 Å². The summed E-state index contributed by atoms with van der Waals surface area (Å²) in [6.45, 7) is 18.2. The summed E-state index contributed by atoms with van der Waals surface area (Å²) in [6.07, 6.45) is 0.745. The second-order valence-electron chi connectivity index (χ2n) is 23.2. The molecule has 0 aliphatic carbocycles. The average Bonchev–Trinajstić information content (AvgIpc) is 3.38. The smallest absolute Gasteiger partial charge is 0.408 e. The number of carbonyl (C=O) groups excluding carboxylic acids is 7. The van der Waals surface area contributed by atoms with E-state index >= 15 is 0 Å². The lowest BCUT2D eigenvalue weighted by molar-refractivity contribution is -0.187. The predicted octanol–water partition coefficient (Wildman–Crippen LogP) is 5.87. The van der Waals surface area contributed by atoms with Crippen LogP contribution >= 0.6 is 0 Å². The van der Waals surface area contributed by atoms with E-state index in [0.717, 1.165) is 16.7 Å². The van der Waals surface area contributed by atoms with E-state index in [1.807, 2.05) is 105 Å². The van der Waals surface area contributed by atoms with E-state index in [4.69, 9.17) is 14.2 Å². The molecule has 2 saturated heterocycles. The van der Waals surface area contributed by atoms with Crippen molar-refractivity contribution in [2.24, 2.45) is 11.3 Å². The summed E-state index contributed by atoms with van der Waals surface area (Å²) < 4.78 is 16.4. The number of likely N-dealkylation sites (tertiary alicyclic amines) is 2. The van der Waals surface area contributed by atoms with Crippen LogP contribution in [0.1, 0.15) is 124 Å². The molecule has 2 aliphatic heterocycles. The minimum Gasteiger partial charge on any atom is -0.445 e. The van der Waals surface area contributed by atoms with Gasteiger partial charge in [0.05, 0.1) is 11.6 Å². The molecule has 3 aromatic carbocycles. The molecule has 2 fully saturated rings. The maximum atomic E-state index is 14.6. The summed E-state index contributed by atoms with van der Waals surface area (Å²) in [6, 6.07) is 23.0. The van der Waals surface area contributed by atoms with Gasteiger partial charge in [-0.1, -0.05) is 105 Å². The molecule has 0 saturated carbocycles. The first-order valence-electron chi connectivity index (χ1n) is 27.5. The highest BCUT2D eigenvalue weighted by atomic mass is 16.6. The van der Waals surface area contributed by atoms with Crippen molar-refractivity contribution in [3.63, 3.8) is 0 Å². The molecule has 7 N–H and O–H groups in total. The zero-order valence-corrected chi connectivity index (χ0v) is 47.2. The average molecular weight is 1080 g/mol. The summed E-state index contributed by atoms with van der Waals surface area (Å²) in [7, 11) is 0. The van der Waals surface area contributed by atoms with Gasteiger partial charge in [-0.05, 0) is 122 Å². The molecule has 2 aliphatic rings. The fourth-order valence-corrected chi connectivity index (χ4v) is 9.54. The van der Waals surface area contributed by atoms with Crippen LogP contribution in [0.25, 0.3) is 0 Å². The van der Waals surface area contributed by atoms with Gasteiger partial charge in [0.15, 0.2) is 0 Å². The SMILES string of the molecule is CC(C)C[C@@H](NC(=O)[C@@H](Cc1ccccc1)NC(=O)[C@@H](CCc1ccccc1)NC(O)OC(C)(C)C)C(=O)N[C@H](CCCCNC(=O)OC(C)(C)C)C(=O)N1CC2(CCN(C(=O)[C@@H](C)NC(=O)OCc3ccccc3)CC2)C1. The fourth-order valence-electron chi connectivity index (χ4n) is 9.54. The van der Waals surface area contributed by atoms with Crippen LogP contribution in [0.4, 0.5) is 9.59 Å². The molecule has 0 radical (unpaired) electrons. The number of aliphatic hydroxyl groups excluding tert-OH is 1. The minimum absolute atomic E-state index is 0.0765. The molecular weight excluding hydrogens is 997 g/mol. The topological polar surface area (TPSA) is 246 Å². The Morgan fingerprint density at radius 2 is 1.14 bits per heavy atom. The van der Waals surface area contributed by atoms with E-state index in [9.17, 15) is 38.7 Å². The molecule has 6 atom stereocenters. The highest BCUT2D eigenvalue weighted by Gasteiger charge is 2.49. The molecule has 0 aromatic heterocycles. The highest BCUT2D eigenvalue weighted by Crippen LogP contribution is 2.41. The number of alkyl carbamates (subject to hydrolysis) is 2. The van der Waals surface area contributed by atoms with Gasteiger partial charge in [-0.2, -0.15) is 0 Å². The van der Waals surface area contributed by atoms with Crippen molar-refractivity contribution in [2.45, 2.75) is 175 Å². The van der Waals surface area contributed by atoms with E-state index in [-0.39, 0.29) is 62.0 Å². The Bertz CT molecular complexity index is 2400. The molecule has 428 valence electrons. The number of aliphatic hydroxyl groups is 1. The van der Waals surface area contributed by atoms with Crippen molar-refractivity contribution in [3.8, 4) is 0 Å². The lowest BCUT2D eigenvalue weighted by Crippen LogP contribution is -2.66. The van der Waals surface area contributed by atoms with Crippen molar-refractivity contribution in [3.05, 3.63) is 108 Å². The van der Waals surface area contributed by atoms with Crippen LogP contribution in [0.15, 0.2) is 91.0 Å². The molecule has 3 aromatic rings. The van der Waals surface area contributed by atoms with Gasteiger partial charge in [-0.15, -0.1) is 0 Å². The molecule has 19 nitrogen and oxygen atoms in total. The van der Waals surface area contributed by atoms with Gasteiger partial charge in [-0.25, -0.2) is 9.59 Å². The molecule has 5 rings (SSSR count). The number of nitrogens with one attached hydrogen (secondary N) is 6. The molecule has 7 amide bonds. The molecule has 0 bridgehead atoms. The van der Waals surface area contributed by atoms with Crippen molar-refractivity contribution >= 4 is 41.7 Å². The normalized spacial score (nSPS) is 16.6. The second-order valence-corrected chi connectivity index (χ2v) is 23.2. The van der Waals surface area contributed by atoms with Crippen LogP contribution in [-0.2, 0) is 57.6 Å². The van der Waals surface area contributed by atoms with Crippen LogP contribution in [0.3, 0.4) is 0 Å². The number of hydrogen-bond donors (Lipinski definition) is 7. The number of rotatable bonds is 26. The number of amides is 7. The number of nitrogens with zero attached hydrogens (tertiary/aromatic N) is 2. The van der Waals surface area contributed by atoms with E-state index in [0.29, 0.717) is 58.3 Å². The van der Waals surface area contributed by atoms with Gasteiger partial charge in [0, 0.05) is 44.6 Å². The van der Waals surface area contributed by atoms with Crippen molar-refractivity contribution in [1.82, 2.24) is 41.7 Å². The van der Waals surface area contributed by atoms with Crippen molar-refractivity contribution in [2.75, 3.05) is 32.7 Å². The van der Waals surface area contributed by atoms with Crippen LogP contribution in [0.5, 0.6) is 0 Å². The summed E-state index contributed by atoms with van der Waals surface area (Å²) in [4.78, 5) is 99.8. The maximum Gasteiger partial charge on any atom is 0.408 e. The van der Waals surface area contributed by atoms with Crippen LogP contribution in [0, 0.1) is 11.3 Å². The summed E-state index contributed by atoms with van der Waals surface area (Å²) >= 11 is 0. The third kappa shape index (κ3) is 21.3. The Morgan fingerprint density at radius 1 is 0.603 bits per heavy atom. The number of unbranched alkanes of at least 4 members (excludes halogenated alkanes) is 1. The van der Waals surface area contributed by atoms with E-state index in [2.05, 4.69) is 31.9 Å². The largest absolute Gasteiger partial charge is 0.445 e. The molecule has 1 unspecified atom stereocenters. The van der Waals surface area contributed by atoms with Gasteiger partial charge in [0.25, 0.3) is 0 Å². The minimum atomic E-state index is -1.50. The quantitative estimate of drug-likeness (QED) is 0.0369. The zero-order valence-electron chi connectivity index (χ0n) is 47.2. The Hall–Kier alpha value is -6.57. The third-order valence-electron chi connectivity index (χ3n) is 13.6. The maximum absolute atomic E-state index is 14.6. The monoisotopic (exact) mass is 1080 g/mol. The highest BCUT2D eigenvalue weighted by molar-refractivity contribution is 5.95. The van der Waals surface area contributed by atoms with Gasteiger partial charge >= 0.3 is 12.2 Å². The molecule has 1 spiro atoms. The van der Waals surface area contributed by atoms with E-state index in [1.54, 1.807) is 58.3 Å². The zero-order chi connectivity index (χ0) is 57.0. The fraction of sp³-hybridized carbons (Fsp3) is 0.576. The van der Waals surface area contributed by atoms with Crippen LogP contribution in [-0.4, -0.2) is 137 Å². The Balaban J connectivity index is 1.27. The first-order valence-corrected chi connectivity index (χ1v) is 27.5. The number of ether oxygens (including phenoxy) is 3. The number of piperidine rings is 1. The van der Waals surface area contributed by atoms with E-state index in [1.165, 1.54) is 0 Å². The number of hydrogen-bond acceptors (Lipinski definition) is 12. The number of aryl methyl sites for hydroxylation is 1. The molecular formula is C59H86N8O11. The van der Waals surface area contributed by atoms with E-state index < -0.39 is 77.7 Å². The molecule has 78 heavy (non-hydrogen) atoms. The second kappa shape index (κ2) is 29.4. The van der Waals surface area contributed by atoms with Crippen molar-refractivity contribution in [1.29, 1.82) is 0 Å². The summed E-state index contributed by atoms with van der Waals surface area (Å²) in [5.74, 6) is -2.31. The first-order chi connectivity index (χ1) is 36.9. The summed E-state index contributed by atoms with van der Waals surface area (Å²) in [5, 5.41) is 28.0. The van der Waals surface area contributed by atoms with Gasteiger partial charge in [-0.3, -0.25) is 29.3 Å². The molecule has 2 heterocycles. The van der Waals surface area contributed by atoms with Gasteiger partial charge in [0.2, 0.25) is 35.9 Å². The molecule has 19 heteroatoms. The third-order valence-corrected chi connectivity index (χ3v) is 13.6. The Labute approximate surface area is 461 Å². The van der Waals surface area contributed by atoms with Gasteiger partial charge in [0.1, 0.15) is 36.4 Å².